The number of anilines is 1. The van der Waals surface area contributed by atoms with E-state index in [0.717, 1.165) is 5.69 Å². The molecule has 0 atom stereocenters. The summed E-state index contributed by atoms with van der Waals surface area (Å²) in [6.07, 6.45) is 0. The standard InChI is InChI=1S/C13H14ClN3O2/c1-3-19-13(18)11-8(2)12(15)17(16-11)10-6-4-9(14)5-7-10/h4-7H,3,15H2,1-2H3. The fourth-order valence-electron chi connectivity index (χ4n) is 1.68. The van der Waals surface area contributed by atoms with E-state index in [1.54, 1.807) is 38.1 Å². The van der Waals surface area contributed by atoms with Crippen LogP contribution in [-0.2, 0) is 4.74 Å². The number of hydrogen-bond donors (Lipinski definition) is 1. The Kier molecular flexibility index (Phi) is 3.76. The molecule has 0 radical (unpaired) electrons. The number of nitrogens with two attached hydrogens (primary N) is 1. The van der Waals surface area contributed by atoms with Crippen molar-refractivity contribution in [3.63, 3.8) is 0 Å². The summed E-state index contributed by atoms with van der Waals surface area (Å²) >= 11 is 5.83. The Morgan fingerprint density at radius 2 is 2.05 bits per heavy atom. The summed E-state index contributed by atoms with van der Waals surface area (Å²) in [7, 11) is 0. The maximum atomic E-state index is 11.7. The van der Waals surface area contributed by atoms with Crippen molar-refractivity contribution in [1.82, 2.24) is 9.78 Å². The monoisotopic (exact) mass is 279 g/mol. The minimum absolute atomic E-state index is 0.231. The van der Waals surface area contributed by atoms with E-state index in [2.05, 4.69) is 5.10 Å². The molecule has 2 rings (SSSR count). The number of rotatable bonds is 3. The van der Waals surface area contributed by atoms with Crippen LogP contribution in [0.1, 0.15) is 23.0 Å². The molecule has 0 fully saturated rings. The van der Waals surface area contributed by atoms with E-state index in [-0.39, 0.29) is 5.69 Å². The lowest BCUT2D eigenvalue weighted by atomic mass is 10.2. The molecule has 1 aromatic heterocycles. The molecule has 0 unspecified atom stereocenters. The highest BCUT2D eigenvalue weighted by Crippen LogP contribution is 2.22. The van der Waals surface area contributed by atoms with E-state index in [1.807, 2.05) is 0 Å². The molecule has 0 aliphatic rings. The summed E-state index contributed by atoms with van der Waals surface area (Å²) in [6.45, 7) is 3.78. The van der Waals surface area contributed by atoms with Gasteiger partial charge in [-0.25, -0.2) is 9.48 Å². The number of nitrogen functional groups attached to an aromatic ring is 1. The Morgan fingerprint density at radius 3 is 2.63 bits per heavy atom. The molecule has 0 spiro atoms. The van der Waals surface area contributed by atoms with E-state index in [9.17, 15) is 4.79 Å². The number of esters is 1. The SMILES string of the molecule is CCOC(=O)c1nn(-c2ccc(Cl)cc2)c(N)c1C. The molecule has 0 bridgehead atoms. The summed E-state index contributed by atoms with van der Waals surface area (Å²) in [6, 6.07) is 7.02. The third-order valence-corrected chi connectivity index (χ3v) is 2.96. The maximum absolute atomic E-state index is 11.7. The quantitative estimate of drug-likeness (QED) is 0.877. The highest BCUT2D eigenvalue weighted by Gasteiger charge is 2.19. The van der Waals surface area contributed by atoms with Crippen LogP contribution in [0.2, 0.25) is 5.02 Å². The Hall–Kier alpha value is -2.01. The highest BCUT2D eigenvalue weighted by molar-refractivity contribution is 6.30. The molecule has 100 valence electrons. The molecule has 0 aliphatic carbocycles. The lowest BCUT2D eigenvalue weighted by Gasteiger charge is -2.03. The molecule has 2 N–H and O–H groups in total. The van der Waals surface area contributed by atoms with Gasteiger partial charge in [0.05, 0.1) is 12.3 Å². The van der Waals surface area contributed by atoms with Crippen LogP contribution in [0.3, 0.4) is 0 Å². The fraction of sp³-hybridized carbons (Fsp3) is 0.231. The topological polar surface area (TPSA) is 70.1 Å². The average Bonchev–Trinajstić information content (AvgIpc) is 2.68. The van der Waals surface area contributed by atoms with Crippen LogP contribution in [0.25, 0.3) is 5.69 Å². The number of benzene rings is 1. The first-order valence-electron chi connectivity index (χ1n) is 5.82. The van der Waals surface area contributed by atoms with Gasteiger partial charge in [-0.2, -0.15) is 5.10 Å². The minimum atomic E-state index is -0.473. The van der Waals surface area contributed by atoms with Crippen molar-refractivity contribution in [2.75, 3.05) is 12.3 Å². The highest BCUT2D eigenvalue weighted by atomic mass is 35.5. The summed E-state index contributed by atoms with van der Waals surface area (Å²) in [5.41, 5.74) is 7.54. The Bertz CT molecular complexity index is 605. The summed E-state index contributed by atoms with van der Waals surface area (Å²) in [5, 5.41) is 4.82. The van der Waals surface area contributed by atoms with Gasteiger partial charge < -0.3 is 10.5 Å². The van der Waals surface area contributed by atoms with Crippen molar-refractivity contribution in [3.05, 3.63) is 40.5 Å². The maximum Gasteiger partial charge on any atom is 0.359 e. The lowest BCUT2D eigenvalue weighted by Crippen LogP contribution is -2.07. The molecule has 19 heavy (non-hydrogen) atoms. The Morgan fingerprint density at radius 1 is 1.42 bits per heavy atom. The molecule has 0 amide bonds. The van der Waals surface area contributed by atoms with E-state index >= 15 is 0 Å². The molecule has 1 heterocycles. The van der Waals surface area contributed by atoms with Gasteiger partial charge in [0, 0.05) is 10.6 Å². The van der Waals surface area contributed by atoms with Crippen molar-refractivity contribution in [2.24, 2.45) is 0 Å². The molecule has 0 saturated heterocycles. The Labute approximate surface area is 115 Å². The van der Waals surface area contributed by atoms with Gasteiger partial charge in [0.15, 0.2) is 5.69 Å². The summed E-state index contributed by atoms with van der Waals surface area (Å²) < 4.78 is 6.44. The van der Waals surface area contributed by atoms with E-state index in [4.69, 9.17) is 22.1 Å². The zero-order valence-corrected chi connectivity index (χ0v) is 11.4. The van der Waals surface area contributed by atoms with Gasteiger partial charge >= 0.3 is 5.97 Å². The van der Waals surface area contributed by atoms with Crippen molar-refractivity contribution in [3.8, 4) is 5.69 Å². The van der Waals surface area contributed by atoms with Crippen LogP contribution in [-0.4, -0.2) is 22.4 Å². The second-order valence-corrected chi connectivity index (χ2v) is 4.40. The number of nitrogens with zero attached hydrogens (tertiary/aromatic N) is 2. The first-order valence-corrected chi connectivity index (χ1v) is 6.20. The predicted molar refractivity (Wildman–Crippen MR) is 73.7 cm³/mol. The molecule has 0 saturated carbocycles. The third kappa shape index (κ3) is 2.56. The molecule has 6 heteroatoms. The number of aromatic nitrogens is 2. The van der Waals surface area contributed by atoms with Crippen LogP contribution in [0.4, 0.5) is 5.82 Å². The van der Waals surface area contributed by atoms with Crippen LogP contribution in [0, 0.1) is 6.92 Å². The molecule has 0 aliphatic heterocycles. The Balaban J connectivity index is 2.45. The van der Waals surface area contributed by atoms with Gasteiger partial charge in [-0.3, -0.25) is 0 Å². The van der Waals surface area contributed by atoms with Gasteiger partial charge in [-0.1, -0.05) is 11.6 Å². The van der Waals surface area contributed by atoms with Crippen LogP contribution in [0.5, 0.6) is 0 Å². The number of ether oxygens (including phenoxy) is 1. The van der Waals surface area contributed by atoms with E-state index in [1.165, 1.54) is 4.68 Å². The number of carbonyl (C=O) groups is 1. The van der Waals surface area contributed by atoms with Gasteiger partial charge in [0.2, 0.25) is 0 Å². The molecule has 2 aromatic rings. The molecular formula is C13H14ClN3O2. The van der Waals surface area contributed by atoms with E-state index < -0.39 is 5.97 Å². The zero-order chi connectivity index (χ0) is 14.0. The second-order valence-electron chi connectivity index (χ2n) is 3.97. The zero-order valence-electron chi connectivity index (χ0n) is 10.7. The van der Waals surface area contributed by atoms with Crippen molar-refractivity contribution in [1.29, 1.82) is 0 Å². The molecule has 5 nitrogen and oxygen atoms in total. The van der Waals surface area contributed by atoms with Gasteiger partial charge in [-0.15, -0.1) is 0 Å². The summed E-state index contributed by atoms with van der Waals surface area (Å²) in [4.78, 5) is 11.7. The first-order chi connectivity index (χ1) is 9.04. The molecular weight excluding hydrogens is 266 g/mol. The van der Waals surface area contributed by atoms with Crippen molar-refractivity contribution < 1.29 is 9.53 Å². The van der Waals surface area contributed by atoms with Crippen molar-refractivity contribution >= 4 is 23.4 Å². The van der Waals surface area contributed by atoms with Crippen molar-refractivity contribution in [2.45, 2.75) is 13.8 Å². The van der Waals surface area contributed by atoms with Crippen LogP contribution >= 0.6 is 11.6 Å². The predicted octanol–water partition coefficient (Wildman–Crippen LogP) is 2.59. The van der Waals surface area contributed by atoms with Gasteiger partial charge in [0.1, 0.15) is 5.82 Å². The van der Waals surface area contributed by atoms with E-state index in [0.29, 0.717) is 23.0 Å². The number of halogens is 1. The second kappa shape index (κ2) is 5.32. The number of carbonyl (C=O) groups excluding carboxylic acids is 1. The van der Waals surface area contributed by atoms with Crippen LogP contribution < -0.4 is 5.73 Å². The molecule has 1 aromatic carbocycles. The fourth-order valence-corrected chi connectivity index (χ4v) is 1.81. The van der Waals surface area contributed by atoms with Gasteiger partial charge in [-0.05, 0) is 38.1 Å². The largest absolute Gasteiger partial charge is 0.461 e. The average molecular weight is 280 g/mol. The smallest absolute Gasteiger partial charge is 0.359 e. The van der Waals surface area contributed by atoms with Gasteiger partial charge in [0.25, 0.3) is 0 Å². The third-order valence-electron chi connectivity index (χ3n) is 2.71. The lowest BCUT2D eigenvalue weighted by molar-refractivity contribution is 0.0518. The normalized spacial score (nSPS) is 10.5. The minimum Gasteiger partial charge on any atom is -0.461 e. The summed E-state index contributed by atoms with van der Waals surface area (Å²) in [5.74, 6) is -0.0650. The van der Waals surface area contributed by atoms with Crippen LogP contribution in [0.15, 0.2) is 24.3 Å². The number of hydrogen-bond acceptors (Lipinski definition) is 4. The first kappa shape index (κ1) is 13.4.